The second-order valence-electron chi connectivity index (χ2n) is 3.07. The number of nitrogens with zero attached hydrogens (tertiary/aromatic N) is 4. The van der Waals surface area contributed by atoms with Gasteiger partial charge in [-0.15, -0.1) is 0 Å². The highest BCUT2D eigenvalue weighted by Gasteiger charge is 2.00. The van der Waals surface area contributed by atoms with Crippen LogP contribution in [0.3, 0.4) is 0 Å². The SMILES string of the molecule is OCCn1cc(Nc2ncc(Cl)cn2)cn1. The first-order valence-electron chi connectivity index (χ1n) is 4.66. The standard InChI is InChI=1S/C9H10ClN5O/c10-7-3-11-9(12-4-7)14-8-5-13-15(6-8)1-2-16/h3-6,16H,1-2H2,(H,11,12,14). The fraction of sp³-hybridized carbons (Fsp3) is 0.222. The maximum atomic E-state index is 8.73. The Morgan fingerprint density at radius 3 is 2.75 bits per heavy atom. The molecular weight excluding hydrogens is 230 g/mol. The second kappa shape index (κ2) is 4.91. The van der Waals surface area contributed by atoms with Gasteiger partial charge in [-0.3, -0.25) is 4.68 Å². The molecule has 0 fully saturated rings. The number of aromatic nitrogens is 4. The first-order chi connectivity index (χ1) is 7.78. The third-order valence-corrected chi connectivity index (χ3v) is 2.03. The topological polar surface area (TPSA) is 75.9 Å². The lowest BCUT2D eigenvalue weighted by Gasteiger charge is -2.00. The smallest absolute Gasteiger partial charge is 0.227 e. The Bertz CT molecular complexity index is 455. The van der Waals surface area contributed by atoms with Gasteiger partial charge in [-0.1, -0.05) is 11.6 Å². The van der Waals surface area contributed by atoms with Crippen LogP contribution in [0.5, 0.6) is 0 Å². The van der Waals surface area contributed by atoms with Gasteiger partial charge in [0.15, 0.2) is 0 Å². The lowest BCUT2D eigenvalue weighted by molar-refractivity contribution is 0.269. The molecule has 0 saturated heterocycles. The lowest BCUT2D eigenvalue weighted by Crippen LogP contribution is -2.01. The van der Waals surface area contributed by atoms with E-state index in [9.17, 15) is 0 Å². The van der Waals surface area contributed by atoms with Crippen LogP contribution in [0.4, 0.5) is 11.6 Å². The van der Waals surface area contributed by atoms with Crippen LogP contribution in [-0.4, -0.2) is 31.5 Å². The number of hydrogen-bond donors (Lipinski definition) is 2. The van der Waals surface area contributed by atoms with Gasteiger partial charge in [0.2, 0.25) is 5.95 Å². The third kappa shape index (κ3) is 2.68. The zero-order valence-corrected chi connectivity index (χ0v) is 9.09. The van der Waals surface area contributed by atoms with Crippen LogP contribution >= 0.6 is 11.6 Å². The van der Waals surface area contributed by atoms with E-state index in [1.165, 1.54) is 12.4 Å². The maximum Gasteiger partial charge on any atom is 0.227 e. The number of nitrogens with one attached hydrogen (secondary N) is 1. The second-order valence-corrected chi connectivity index (χ2v) is 3.50. The van der Waals surface area contributed by atoms with Crippen molar-refractivity contribution in [2.24, 2.45) is 0 Å². The molecule has 0 radical (unpaired) electrons. The van der Waals surface area contributed by atoms with Crippen molar-refractivity contribution in [1.82, 2.24) is 19.7 Å². The minimum Gasteiger partial charge on any atom is -0.394 e. The molecule has 2 N–H and O–H groups in total. The molecule has 0 aliphatic heterocycles. The molecule has 0 amide bonds. The predicted molar refractivity (Wildman–Crippen MR) is 59.6 cm³/mol. The largest absolute Gasteiger partial charge is 0.394 e. The molecule has 0 unspecified atom stereocenters. The number of aliphatic hydroxyl groups excluding tert-OH is 1. The summed E-state index contributed by atoms with van der Waals surface area (Å²) in [4.78, 5) is 7.98. The number of anilines is 2. The highest BCUT2D eigenvalue weighted by atomic mass is 35.5. The highest BCUT2D eigenvalue weighted by Crippen LogP contribution is 2.12. The van der Waals surface area contributed by atoms with Crippen molar-refractivity contribution in [2.45, 2.75) is 6.54 Å². The van der Waals surface area contributed by atoms with Crippen LogP contribution in [0, 0.1) is 0 Å². The van der Waals surface area contributed by atoms with Crippen LogP contribution in [0.25, 0.3) is 0 Å². The van der Waals surface area contributed by atoms with E-state index < -0.39 is 0 Å². The van der Waals surface area contributed by atoms with Crippen molar-refractivity contribution in [1.29, 1.82) is 0 Å². The Kier molecular flexibility index (Phi) is 3.33. The molecule has 2 aromatic rings. The third-order valence-electron chi connectivity index (χ3n) is 1.84. The van der Waals surface area contributed by atoms with Crippen molar-refractivity contribution < 1.29 is 5.11 Å². The molecule has 2 aromatic heterocycles. The van der Waals surface area contributed by atoms with E-state index in [4.69, 9.17) is 16.7 Å². The minimum absolute atomic E-state index is 0.0541. The molecule has 0 spiro atoms. The van der Waals surface area contributed by atoms with E-state index in [1.807, 2.05) is 0 Å². The molecule has 0 aliphatic carbocycles. The van der Waals surface area contributed by atoms with Crippen molar-refractivity contribution in [3.63, 3.8) is 0 Å². The number of hydrogen-bond acceptors (Lipinski definition) is 5. The van der Waals surface area contributed by atoms with Crippen LogP contribution in [0.15, 0.2) is 24.8 Å². The maximum absolute atomic E-state index is 8.73. The molecule has 0 aliphatic rings. The van der Waals surface area contributed by atoms with E-state index in [1.54, 1.807) is 17.1 Å². The molecule has 84 valence electrons. The van der Waals surface area contributed by atoms with E-state index in [2.05, 4.69) is 20.4 Å². The Balaban J connectivity index is 2.05. The van der Waals surface area contributed by atoms with E-state index in [0.717, 1.165) is 5.69 Å². The summed E-state index contributed by atoms with van der Waals surface area (Å²) < 4.78 is 1.62. The van der Waals surface area contributed by atoms with Gasteiger partial charge in [0.1, 0.15) is 0 Å². The normalized spacial score (nSPS) is 10.4. The summed E-state index contributed by atoms with van der Waals surface area (Å²) >= 11 is 5.66. The van der Waals surface area contributed by atoms with E-state index in [0.29, 0.717) is 17.5 Å². The summed E-state index contributed by atoms with van der Waals surface area (Å²) in [6.07, 6.45) is 6.41. The van der Waals surface area contributed by atoms with Gasteiger partial charge in [0.25, 0.3) is 0 Å². The fourth-order valence-corrected chi connectivity index (χ4v) is 1.26. The molecule has 7 heteroatoms. The highest BCUT2D eigenvalue weighted by molar-refractivity contribution is 6.30. The summed E-state index contributed by atoms with van der Waals surface area (Å²) in [5, 5.41) is 16.2. The Morgan fingerprint density at radius 2 is 2.06 bits per heavy atom. The van der Waals surface area contributed by atoms with Crippen molar-refractivity contribution in [2.75, 3.05) is 11.9 Å². The van der Waals surface area contributed by atoms with Gasteiger partial charge >= 0.3 is 0 Å². The number of rotatable bonds is 4. The van der Waals surface area contributed by atoms with Crippen LogP contribution < -0.4 is 5.32 Å². The van der Waals surface area contributed by atoms with Crippen LogP contribution in [0.1, 0.15) is 0 Å². The van der Waals surface area contributed by atoms with Crippen molar-refractivity contribution in [3.05, 3.63) is 29.8 Å². The van der Waals surface area contributed by atoms with Crippen LogP contribution in [-0.2, 0) is 6.54 Å². The average Bonchev–Trinajstić information content (AvgIpc) is 2.70. The Hall–Kier alpha value is -1.66. The Morgan fingerprint density at radius 1 is 1.31 bits per heavy atom. The first kappa shape index (κ1) is 10.8. The average molecular weight is 240 g/mol. The summed E-state index contributed by atoms with van der Waals surface area (Å²) in [5.41, 5.74) is 0.760. The molecule has 0 bridgehead atoms. The van der Waals surface area contributed by atoms with Gasteiger partial charge < -0.3 is 10.4 Å². The molecular formula is C9H10ClN5O. The Labute approximate surface area is 96.9 Å². The minimum atomic E-state index is 0.0541. The number of halogens is 1. The summed E-state index contributed by atoms with van der Waals surface area (Å²) in [6, 6.07) is 0. The monoisotopic (exact) mass is 239 g/mol. The van der Waals surface area contributed by atoms with E-state index in [-0.39, 0.29) is 6.61 Å². The molecule has 2 heterocycles. The zero-order chi connectivity index (χ0) is 11.4. The molecule has 0 aromatic carbocycles. The fourth-order valence-electron chi connectivity index (χ4n) is 1.16. The van der Waals surface area contributed by atoms with E-state index >= 15 is 0 Å². The molecule has 6 nitrogen and oxygen atoms in total. The zero-order valence-electron chi connectivity index (χ0n) is 8.34. The molecule has 2 rings (SSSR count). The van der Waals surface area contributed by atoms with Crippen molar-refractivity contribution in [3.8, 4) is 0 Å². The van der Waals surface area contributed by atoms with Gasteiger partial charge in [-0.25, -0.2) is 9.97 Å². The van der Waals surface area contributed by atoms with Gasteiger partial charge in [0.05, 0.1) is 42.5 Å². The first-order valence-corrected chi connectivity index (χ1v) is 5.03. The summed E-state index contributed by atoms with van der Waals surface area (Å²) in [5.74, 6) is 0.452. The van der Waals surface area contributed by atoms with Gasteiger partial charge in [-0.2, -0.15) is 5.10 Å². The molecule has 0 atom stereocenters. The predicted octanol–water partition coefficient (Wildman–Crippen LogP) is 1.06. The van der Waals surface area contributed by atoms with Gasteiger partial charge in [-0.05, 0) is 0 Å². The molecule has 0 saturated carbocycles. The number of aliphatic hydroxyl groups is 1. The quantitative estimate of drug-likeness (QED) is 0.835. The van der Waals surface area contributed by atoms with Crippen molar-refractivity contribution >= 4 is 23.2 Å². The summed E-state index contributed by atoms with van der Waals surface area (Å²) in [7, 11) is 0. The molecule has 16 heavy (non-hydrogen) atoms. The summed E-state index contributed by atoms with van der Waals surface area (Å²) in [6.45, 7) is 0.516. The lowest BCUT2D eigenvalue weighted by atomic mass is 10.5. The van der Waals surface area contributed by atoms with Crippen LogP contribution in [0.2, 0.25) is 5.02 Å². The van der Waals surface area contributed by atoms with Gasteiger partial charge in [0, 0.05) is 6.20 Å².